The van der Waals surface area contributed by atoms with Crippen molar-refractivity contribution < 1.29 is 200 Å². The van der Waals surface area contributed by atoms with Crippen LogP contribution in [0.1, 0.15) is 234 Å². The third-order valence-corrected chi connectivity index (χ3v) is 19.5. The van der Waals surface area contributed by atoms with Crippen LogP contribution in [-0.2, 0) is 31.8 Å². The SMILES string of the molecule is CCCCCCCCO[PH](=O)CCCCCCCC.CCCCCCCOP(=O)(CCCCCCC)P(=O)(CCCCCC)OCCCCCC.O=PO.[Nd+3].[Nd+3].[Nd+3].[Nd+3]. The second kappa shape index (κ2) is 65.1. The van der Waals surface area contributed by atoms with Crippen LogP contribution in [0.25, 0.3) is 0 Å². The molecule has 0 aliphatic carbocycles. The Bertz CT molecular complexity index is 883. The summed E-state index contributed by atoms with van der Waals surface area (Å²) < 4.78 is 65.9. The second-order valence-corrected chi connectivity index (χ2v) is 24.2. The van der Waals surface area contributed by atoms with Crippen molar-refractivity contribution in [3.8, 4) is 0 Å². The van der Waals surface area contributed by atoms with Crippen molar-refractivity contribution in [2.45, 2.75) is 234 Å². The monoisotopic (exact) mass is 1420 g/mol. The molecule has 58 heavy (non-hydrogen) atoms. The normalized spacial score (nSPS) is 13.1. The molecule has 0 aliphatic rings. The Balaban J connectivity index is -0.000000172. The molecule has 8 nitrogen and oxygen atoms in total. The molecule has 0 heterocycles. The van der Waals surface area contributed by atoms with Gasteiger partial charge in [-0.25, -0.2) is 4.57 Å². The Morgan fingerprint density at radius 3 is 1.00 bits per heavy atom. The molecule has 16 heteroatoms. The van der Waals surface area contributed by atoms with Crippen LogP contribution in [0.3, 0.4) is 0 Å². The molecule has 0 rings (SSSR count). The summed E-state index contributed by atoms with van der Waals surface area (Å²) in [6, 6.07) is 0. The van der Waals surface area contributed by atoms with Crippen LogP contribution in [0, 0.1) is 163 Å². The van der Waals surface area contributed by atoms with Crippen LogP contribution in [0.4, 0.5) is 0 Å². The molecule has 3 unspecified atom stereocenters. The molecule has 0 saturated carbocycles. The number of hydrogen-bond acceptors (Lipinski definition) is 7. The van der Waals surface area contributed by atoms with Gasteiger partial charge in [0.2, 0.25) is 0 Å². The quantitative estimate of drug-likeness (QED) is 0.0476. The average Bonchev–Trinajstić information content (AvgIpc) is 3.16. The largest absolute Gasteiger partial charge is 3.00 e. The fraction of sp³-hybridized carbons (Fsp3) is 1.00. The molecule has 0 saturated heterocycles. The van der Waals surface area contributed by atoms with Gasteiger partial charge in [0.1, 0.15) is 0 Å². The summed E-state index contributed by atoms with van der Waals surface area (Å²) in [5.41, 5.74) is 0. The first-order valence-corrected chi connectivity index (χ1v) is 29.4. The maximum absolute atomic E-state index is 14.1. The first-order chi connectivity index (χ1) is 26.2. The van der Waals surface area contributed by atoms with Gasteiger partial charge in [0.15, 0.2) is 8.03 Å². The summed E-state index contributed by atoms with van der Waals surface area (Å²) in [4.78, 5) is 6.99. The maximum atomic E-state index is 14.1. The minimum absolute atomic E-state index is 0. The first-order valence-electron chi connectivity index (χ1n) is 22.8. The van der Waals surface area contributed by atoms with Crippen molar-refractivity contribution >= 4 is 30.8 Å². The van der Waals surface area contributed by atoms with Crippen LogP contribution in [0.15, 0.2) is 0 Å². The van der Waals surface area contributed by atoms with Crippen LogP contribution in [0.5, 0.6) is 0 Å². The molecule has 0 aromatic carbocycles. The minimum atomic E-state index is -3.32. The summed E-state index contributed by atoms with van der Waals surface area (Å²) in [7, 11) is -9.19. The molecule has 0 aromatic heterocycles. The molecule has 4 radical (unpaired) electrons. The summed E-state index contributed by atoms with van der Waals surface area (Å²) in [6.45, 7) is 14.8. The summed E-state index contributed by atoms with van der Waals surface area (Å²) in [5, 5.41) is 0. The molecule has 0 amide bonds. The van der Waals surface area contributed by atoms with E-state index in [1.807, 2.05) is 0 Å². The van der Waals surface area contributed by atoms with Gasteiger partial charge in [0.05, 0.1) is 19.8 Å². The van der Waals surface area contributed by atoms with Gasteiger partial charge >= 0.3 is 172 Å². The van der Waals surface area contributed by atoms with Gasteiger partial charge in [-0.1, -0.05) is 196 Å². The summed E-state index contributed by atoms with van der Waals surface area (Å²) >= 11 is 0. The Labute approximate surface area is 495 Å². The Kier molecular flexibility index (Phi) is 87.8. The van der Waals surface area contributed by atoms with Crippen LogP contribution in [0.2, 0.25) is 0 Å². The van der Waals surface area contributed by atoms with Crippen molar-refractivity contribution in [1.29, 1.82) is 0 Å². The van der Waals surface area contributed by atoms with Crippen LogP contribution >= 0.6 is 30.8 Å². The smallest absolute Gasteiger partial charge is 0.330 e. The Hall–Kier alpha value is 6.03. The first kappa shape index (κ1) is 78.2. The van der Waals surface area contributed by atoms with Crippen molar-refractivity contribution in [1.82, 2.24) is 0 Å². The topological polar surface area (TPSA) is 116 Å². The van der Waals surface area contributed by atoms with Crippen molar-refractivity contribution in [3.05, 3.63) is 0 Å². The van der Waals surface area contributed by atoms with E-state index in [2.05, 4.69) is 41.5 Å². The van der Waals surface area contributed by atoms with E-state index in [4.69, 9.17) is 23.0 Å². The van der Waals surface area contributed by atoms with E-state index in [0.717, 1.165) is 102 Å². The number of hydrogen-bond donors (Lipinski definition) is 1. The maximum Gasteiger partial charge on any atom is 3.00 e. The van der Waals surface area contributed by atoms with Gasteiger partial charge in [-0.05, 0) is 38.5 Å². The third-order valence-electron chi connectivity index (χ3n) is 9.63. The van der Waals surface area contributed by atoms with Gasteiger partial charge < -0.3 is 18.5 Å². The van der Waals surface area contributed by atoms with Crippen molar-refractivity contribution in [2.75, 3.05) is 38.3 Å². The van der Waals surface area contributed by atoms with Gasteiger partial charge in [-0.3, -0.25) is 13.7 Å². The standard InChI is InChI=1S/C26H56O4P2.C16H35O2P.4Nd.HO2P/c1-5-9-13-17-20-24-30-32(28,26-22-18-14-10-6-2)31(27,25-21-16-12-8-4)29-23-19-15-11-7-3;1-3-5-7-9-11-13-15-18-19(17)16-14-12-10-8-6-4-2;;;;;1-3-2/h5-26H2,1-4H3;19H,3-16H2,1-2H3;;;;;(H,1,2)/q;;4*+3;. The average molecular weight is 1430 g/mol. The van der Waals surface area contributed by atoms with E-state index in [1.54, 1.807) is 0 Å². The molecule has 0 aliphatic heterocycles. The van der Waals surface area contributed by atoms with Crippen LogP contribution in [-0.4, -0.2) is 43.2 Å². The molecule has 332 valence electrons. The molecule has 0 bridgehead atoms. The number of unbranched alkanes of at least 4 members (excludes halogenated alkanes) is 24. The minimum Gasteiger partial charge on any atom is -0.330 e. The molecule has 0 spiro atoms. The molecular weight excluding hydrogens is 1330 g/mol. The third kappa shape index (κ3) is 56.4. The predicted molar refractivity (Wildman–Crippen MR) is 239 cm³/mol. The van der Waals surface area contributed by atoms with Crippen LogP contribution < -0.4 is 0 Å². The van der Waals surface area contributed by atoms with E-state index in [0.29, 0.717) is 32.1 Å². The van der Waals surface area contributed by atoms with Gasteiger partial charge in [0, 0.05) is 18.5 Å². The fourth-order valence-corrected chi connectivity index (χ4v) is 14.7. The molecular formula is C42H92Nd4O8P4+12. The van der Waals surface area contributed by atoms with E-state index in [-0.39, 0.29) is 163 Å². The van der Waals surface area contributed by atoms with E-state index in [9.17, 15) is 13.7 Å². The van der Waals surface area contributed by atoms with E-state index < -0.39 is 30.8 Å². The van der Waals surface area contributed by atoms with Crippen molar-refractivity contribution in [3.63, 3.8) is 0 Å². The second-order valence-electron chi connectivity index (χ2n) is 14.9. The predicted octanol–water partition coefficient (Wildman–Crippen LogP) is 17.0. The van der Waals surface area contributed by atoms with Gasteiger partial charge in [-0.2, -0.15) is 0 Å². The molecule has 0 fully saturated rings. The fourth-order valence-electron chi connectivity index (χ4n) is 6.10. The molecule has 0 aromatic rings. The molecule has 1 N–H and O–H groups in total. The summed E-state index contributed by atoms with van der Waals surface area (Å²) in [6.07, 6.45) is 36.1. The Morgan fingerprint density at radius 2 is 0.655 bits per heavy atom. The van der Waals surface area contributed by atoms with E-state index >= 15 is 0 Å². The van der Waals surface area contributed by atoms with Gasteiger partial charge in [-0.15, -0.1) is 0 Å². The van der Waals surface area contributed by atoms with Crippen molar-refractivity contribution in [2.24, 2.45) is 0 Å². The number of rotatable bonds is 40. The zero-order chi connectivity index (χ0) is 40.9. The molecule has 3 atom stereocenters. The van der Waals surface area contributed by atoms with Gasteiger partial charge in [0.25, 0.3) is 14.1 Å². The van der Waals surface area contributed by atoms with E-state index in [1.165, 1.54) is 96.3 Å². The Morgan fingerprint density at radius 1 is 0.414 bits per heavy atom. The summed E-state index contributed by atoms with van der Waals surface area (Å²) in [5.74, 6) is 0. The zero-order valence-electron chi connectivity index (χ0n) is 38.6. The zero-order valence-corrected chi connectivity index (χ0v) is 55.1.